The molecule has 0 aliphatic carbocycles. The van der Waals surface area contributed by atoms with Gasteiger partial charge < -0.3 is 5.73 Å². The number of nitrogens with zero attached hydrogens (tertiary/aromatic N) is 2. The first-order valence-electron chi connectivity index (χ1n) is 4.84. The fourth-order valence-corrected chi connectivity index (χ4v) is 2.45. The van der Waals surface area contributed by atoms with Gasteiger partial charge in [0.2, 0.25) is 10.0 Å². The molecular formula is C8H19N3O2S. The van der Waals surface area contributed by atoms with Gasteiger partial charge in [0.1, 0.15) is 0 Å². The van der Waals surface area contributed by atoms with Crippen LogP contribution in [0.2, 0.25) is 0 Å². The monoisotopic (exact) mass is 221 g/mol. The highest BCUT2D eigenvalue weighted by Gasteiger charge is 2.24. The van der Waals surface area contributed by atoms with Crippen LogP contribution >= 0.6 is 0 Å². The van der Waals surface area contributed by atoms with Crippen LogP contribution in [-0.2, 0) is 10.0 Å². The number of hydrogen-bond donors (Lipinski definition) is 1. The van der Waals surface area contributed by atoms with E-state index in [1.165, 1.54) is 10.6 Å². The van der Waals surface area contributed by atoms with Crippen molar-refractivity contribution >= 4 is 10.0 Å². The van der Waals surface area contributed by atoms with Gasteiger partial charge in [-0.2, -0.15) is 4.31 Å². The number of sulfonamides is 1. The van der Waals surface area contributed by atoms with E-state index >= 15 is 0 Å². The number of nitrogens with two attached hydrogens (primary N) is 1. The van der Waals surface area contributed by atoms with Crippen LogP contribution in [0.5, 0.6) is 0 Å². The van der Waals surface area contributed by atoms with Crippen molar-refractivity contribution in [2.75, 3.05) is 39.0 Å². The summed E-state index contributed by atoms with van der Waals surface area (Å²) in [6.07, 6.45) is 1.26. The van der Waals surface area contributed by atoms with Crippen molar-refractivity contribution in [3.05, 3.63) is 0 Å². The van der Waals surface area contributed by atoms with Crippen molar-refractivity contribution in [3.8, 4) is 0 Å². The zero-order valence-corrected chi connectivity index (χ0v) is 9.63. The summed E-state index contributed by atoms with van der Waals surface area (Å²) in [5, 5.41) is 0. The van der Waals surface area contributed by atoms with Gasteiger partial charge in [0.15, 0.2) is 0 Å². The van der Waals surface area contributed by atoms with Gasteiger partial charge in [-0.1, -0.05) is 0 Å². The van der Waals surface area contributed by atoms with Crippen LogP contribution in [0.4, 0.5) is 0 Å². The maximum Gasteiger partial charge on any atom is 0.211 e. The fourth-order valence-electron chi connectivity index (χ4n) is 1.63. The van der Waals surface area contributed by atoms with E-state index in [1.54, 1.807) is 0 Å². The smallest absolute Gasteiger partial charge is 0.211 e. The molecule has 0 bridgehead atoms. The fraction of sp³-hybridized carbons (Fsp3) is 1.00. The minimum absolute atomic E-state index is 0.344. The van der Waals surface area contributed by atoms with Gasteiger partial charge in [-0.25, -0.2) is 8.42 Å². The molecule has 14 heavy (non-hydrogen) atoms. The van der Waals surface area contributed by atoms with E-state index < -0.39 is 10.0 Å². The Morgan fingerprint density at radius 2 is 1.79 bits per heavy atom. The molecule has 1 atom stereocenters. The molecule has 0 spiro atoms. The summed E-state index contributed by atoms with van der Waals surface area (Å²) in [5.41, 5.74) is 5.55. The number of rotatable bonds is 3. The quantitative estimate of drug-likeness (QED) is 0.658. The van der Waals surface area contributed by atoms with Crippen LogP contribution in [-0.4, -0.2) is 62.6 Å². The van der Waals surface area contributed by atoms with Crippen LogP contribution in [0.3, 0.4) is 0 Å². The molecule has 1 heterocycles. The molecule has 1 rings (SSSR count). The summed E-state index contributed by atoms with van der Waals surface area (Å²) >= 11 is 0. The highest BCUT2D eigenvalue weighted by molar-refractivity contribution is 7.88. The molecule has 1 aliphatic heterocycles. The van der Waals surface area contributed by atoms with Gasteiger partial charge in [-0.15, -0.1) is 0 Å². The third kappa shape index (κ3) is 2.91. The van der Waals surface area contributed by atoms with E-state index in [0.29, 0.717) is 25.7 Å². The third-order valence-corrected chi connectivity index (χ3v) is 4.01. The second-order valence-corrected chi connectivity index (χ2v) is 5.77. The Hall–Kier alpha value is -0.170. The van der Waals surface area contributed by atoms with Gasteiger partial charge in [0, 0.05) is 38.8 Å². The second kappa shape index (κ2) is 4.57. The topological polar surface area (TPSA) is 66.6 Å². The Balaban J connectivity index is 2.47. The largest absolute Gasteiger partial charge is 0.329 e. The molecule has 0 radical (unpaired) electrons. The lowest BCUT2D eigenvalue weighted by molar-refractivity contribution is 0.149. The zero-order valence-electron chi connectivity index (χ0n) is 8.81. The normalized spacial score (nSPS) is 23.6. The lowest BCUT2D eigenvalue weighted by Gasteiger charge is -2.36. The summed E-state index contributed by atoms with van der Waals surface area (Å²) in [7, 11) is -3.01. The number of hydrogen-bond acceptors (Lipinski definition) is 4. The van der Waals surface area contributed by atoms with Crippen molar-refractivity contribution in [3.63, 3.8) is 0 Å². The summed E-state index contributed by atoms with van der Waals surface area (Å²) in [5.74, 6) is 0. The first kappa shape index (κ1) is 11.9. The predicted octanol–water partition coefficient (Wildman–Crippen LogP) is -1.09. The molecule has 0 aromatic carbocycles. The third-order valence-electron chi connectivity index (χ3n) is 2.71. The van der Waals surface area contributed by atoms with E-state index in [-0.39, 0.29) is 0 Å². The van der Waals surface area contributed by atoms with Crippen molar-refractivity contribution in [2.24, 2.45) is 5.73 Å². The minimum Gasteiger partial charge on any atom is -0.329 e. The minimum atomic E-state index is -3.01. The Labute approximate surface area is 85.9 Å². The van der Waals surface area contributed by atoms with Gasteiger partial charge >= 0.3 is 0 Å². The van der Waals surface area contributed by atoms with Crippen molar-refractivity contribution in [2.45, 2.75) is 13.0 Å². The molecular weight excluding hydrogens is 202 g/mol. The highest BCUT2D eigenvalue weighted by Crippen LogP contribution is 2.08. The average Bonchev–Trinajstić information content (AvgIpc) is 2.15. The zero-order chi connectivity index (χ0) is 10.8. The first-order chi connectivity index (χ1) is 6.45. The predicted molar refractivity (Wildman–Crippen MR) is 56.5 cm³/mol. The van der Waals surface area contributed by atoms with Crippen molar-refractivity contribution in [1.82, 2.24) is 9.21 Å². The molecule has 1 aliphatic rings. The average molecular weight is 221 g/mol. The van der Waals surface area contributed by atoms with Crippen LogP contribution in [0.1, 0.15) is 6.92 Å². The van der Waals surface area contributed by atoms with Crippen LogP contribution in [0.25, 0.3) is 0 Å². The Morgan fingerprint density at radius 1 is 1.29 bits per heavy atom. The van der Waals surface area contributed by atoms with E-state index in [9.17, 15) is 8.42 Å². The van der Waals surface area contributed by atoms with E-state index in [0.717, 1.165) is 13.1 Å². The molecule has 1 unspecified atom stereocenters. The molecule has 1 saturated heterocycles. The first-order valence-corrected chi connectivity index (χ1v) is 6.69. The van der Waals surface area contributed by atoms with Gasteiger partial charge in [-0.3, -0.25) is 4.90 Å². The summed E-state index contributed by atoms with van der Waals surface area (Å²) < 4.78 is 24.0. The summed E-state index contributed by atoms with van der Waals surface area (Å²) in [6, 6.07) is 0.344. The van der Waals surface area contributed by atoms with Crippen molar-refractivity contribution < 1.29 is 8.42 Å². The van der Waals surface area contributed by atoms with E-state index in [1.807, 2.05) is 0 Å². The number of piperazine rings is 1. The molecule has 5 nitrogen and oxygen atoms in total. The second-order valence-electron chi connectivity index (χ2n) is 3.78. The van der Waals surface area contributed by atoms with Crippen molar-refractivity contribution in [1.29, 1.82) is 0 Å². The molecule has 2 N–H and O–H groups in total. The molecule has 0 aromatic rings. The molecule has 0 saturated carbocycles. The van der Waals surface area contributed by atoms with Gasteiger partial charge in [0.25, 0.3) is 0 Å². The van der Waals surface area contributed by atoms with E-state index in [4.69, 9.17) is 5.73 Å². The Kier molecular flexibility index (Phi) is 3.88. The van der Waals surface area contributed by atoms with Crippen LogP contribution in [0, 0.1) is 0 Å². The van der Waals surface area contributed by atoms with Crippen LogP contribution in [0.15, 0.2) is 0 Å². The standard InChI is InChI=1S/C8H19N3O2S/c1-8(7-9)10-3-5-11(6-4-10)14(2,12)13/h8H,3-7,9H2,1-2H3. The SMILES string of the molecule is CC(CN)N1CCN(S(C)(=O)=O)CC1. The Bertz CT molecular complexity index is 270. The summed E-state index contributed by atoms with van der Waals surface area (Å²) in [6.45, 7) is 5.43. The maximum absolute atomic E-state index is 11.2. The summed E-state index contributed by atoms with van der Waals surface area (Å²) in [4.78, 5) is 2.22. The Morgan fingerprint density at radius 3 is 2.14 bits per heavy atom. The van der Waals surface area contributed by atoms with Gasteiger partial charge in [-0.05, 0) is 6.92 Å². The molecule has 1 fully saturated rings. The molecule has 6 heteroatoms. The molecule has 84 valence electrons. The van der Waals surface area contributed by atoms with E-state index in [2.05, 4.69) is 11.8 Å². The van der Waals surface area contributed by atoms with Gasteiger partial charge in [0.05, 0.1) is 6.26 Å². The van der Waals surface area contributed by atoms with Crippen LogP contribution < -0.4 is 5.73 Å². The highest BCUT2D eigenvalue weighted by atomic mass is 32.2. The lowest BCUT2D eigenvalue weighted by Crippen LogP contribution is -2.52. The maximum atomic E-state index is 11.2. The molecule has 0 amide bonds. The lowest BCUT2D eigenvalue weighted by atomic mass is 10.2. The molecule has 0 aromatic heterocycles.